The lowest BCUT2D eigenvalue weighted by Gasteiger charge is -2.45. The van der Waals surface area contributed by atoms with Crippen LogP contribution in [0.15, 0.2) is 65.7 Å². The van der Waals surface area contributed by atoms with Gasteiger partial charge in [0.15, 0.2) is 0 Å². The average molecular weight is 623 g/mol. The molecular formula is C30H31ClF4N4O4. The molecular weight excluding hydrogens is 592 g/mol. The van der Waals surface area contributed by atoms with Crippen molar-refractivity contribution in [2.45, 2.75) is 18.6 Å². The summed E-state index contributed by atoms with van der Waals surface area (Å²) in [7, 11) is 4.17. The van der Waals surface area contributed by atoms with E-state index in [1.807, 2.05) is 29.2 Å². The van der Waals surface area contributed by atoms with E-state index in [0.717, 1.165) is 23.6 Å². The van der Waals surface area contributed by atoms with Crippen LogP contribution in [0.3, 0.4) is 0 Å². The van der Waals surface area contributed by atoms with Crippen molar-refractivity contribution < 1.29 is 36.6 Å². The van der Waals surface area contributed by atoms with Crippen molar-refractivity contribution in [1.29, 1.82) is 0 Å². The molecule has 1 unspecified atom stereocenters. The molecule has 3 aromatic rings. The number of benzene rings is 3. The van der Waals surface area contributed by atoms with E-state index >= 15 is 0 Å². The number of ether oxygens (including phenoxy) is 3. The summed E-state index contributed by atoms with van der Waals surface area (Å²) in [6.07, 6.45) is -4.91. The van der Waals surface area contributed by atoms with E-state index in [1.54, 1.807) is 7.11 Å². The first-order valence-electron chi connectivity index (χ1n) is 13.3. The van der Waals surface area contributed by atoms with Gasteiger partial charge in [0.05, 0.1) is 50.7 Å². The number of halogens is 5. The van der Waals surface area contributed by atoms with Gasteiger partial charge < -0.3 is 28.9 Å². The zero-order valence-electron chi connectivity index (χ0n) is 23.7. The van der Waals surface area contributed by atoms with Gasteiger partial charge in [0.25, 0.3) is 0 Å². The molecule has 0 amide bonds. The van der Waals surface area contributed by atoms with E-state index in [1.165, 1.54) is 43.4 Å². The van der Waals surface area contributed by atoms with Gasteiger partial charge in [0.2, 0.25) is 5.96 Å². The molecule has 230 valence electrons. The second-order valence-electron chi connectivity index (χ2n) is 9.84. The second-order valence-corrected chi connectivity index (χ2v) is 9.84. The molecule has 0 aromatic heterocycles. The zero-order chi connectivity index (χ0) is 30.0. The Morgan fingerprint density at radius 3 is 2.30 bits per heavy atom. The predicted octanol–water partition coefficient (Wildman–Crippen LogP) is 6.22. The minimum Gasteiger partial charge on any atom is -0.497 e. The standard InChI is InChI=1S/C30H30F4N4O4.ClH/c1-40-22-6-4-5-21(17-22)36-11-13-37(14-12-36)29-35-24-9-8-20(31)16-23(24)25(18-28(39)42-3)38(29)26-15-19(30(32,33)34)7-10-27(26)41-2;/h4-10,15-17,25H,11-14,18H2,1-3H3;1H. The molecule has 8 nitrogen and oxygen atoms in total. The number of carbonyl (C=O) groups excluding carboxylic acids is 1. The number of alkyl halides is 3. The molecule has 0 bridgehead atoms. The number of rotatable bonds is 6. The number of hydrogen-bond donors (Lipinski definition) is 0. The Labute approximate surface area is 252 Å². The number of fused-ring (bicyclic) bond motifs is 1. The maximum absolute atomic E-state index is 14.5. The Morgan fingerprint density at radius 2 is 1.65 bits per heavy atom. The quantitative estimate of drug-likeness (QED) is 0.239. The van der Waals surface area contributed by atoms with Gasteiger partial charge in [-0.2, -0.15) is 13.2 Å². The van der Waals surface area contributed by atoms with Gasteiger partial charge in [-0.25, -0.2) is 9.38 Å². The van der Waals surface area contributed by atoms with E-state index in [4.69, 9.17) is 19.2 Å². The van der Waals surface area contributed by atoms with Crippen LogP contribution >= 0.6 is 12.4 Å². The lowest BCUT2D eigenvalue weighted by atomic mass is 9.96. The number of esters is 1. The lowest BCUT2D eigenvalue weighted by Crippen LogP contribution is -2.55. The van der Waals surface area contributed by atoms with E-state index in [2.05, 4.69) is 4.90 Å². The normalized spacial score (nSPS) is 16.6. The summed E-state index contributed by atoms with van der Waals surface area (Å²) in [4.78, 5) is 23.1. The van der Waals surface area contributed by atoms with Crippen LogP contribution in [-0.2, 0) is 15.7 Å². The molecule has 0 aliphatic carbocycles. The van der Waals surface area contributed by atoms with Crippen LogP contribution in [0, 0.1) is 5.82 Å². The van der Waals surface area contributed by atoms with Crippen molar-refractivity contribution in [1.82, 2.24) is 4.90 Å². The highest BCUT2D eigenvalue weighted by molar-refractivity contribution is 6.02. The molecule has 0 spiro atoms. The van der Waals surface area contributed by atoms with Gasteiger partial charge in [-0.15, -0.1) is 12.4 Å². The Kier molecular flexibility index (Phi) is 9.59. The number of carbonyl (C=O) groups is 1. The molecule has 2 heterocycles. The van der Waals surface area contributed by atoms with Gasteiger partial charge in [-0.1, -0.05) is 6.07 Å². The highest BCUT2D eigenvalue weighted by atomic mass is 35.5. The molecule has 0 N–H and O–H groups in total. The summed E-state index contributed by atoms with van der Waals surface area (Å²) in [6.45, 7) is 2.10. The van der Waals surface area contributed by atoms with Crippen molar-refractivity contribution in [3.05, 3.63) is 77.6 Å². The molecule has 1 fully saturated rings. The smallest absolute Gasteiger partial charge is 0.416 e. The van der Waals surface area contributed by atoms with Crippen LogP contribution in [0.5, 0.6) is 11.5 Å². The van der Waals surface area contributed by atoms with Gasteiger partial charge >= 0.3 is 12.1 Å². The van der Waals surface area contributed by atoms with Gasteiger partial charge in [-0.3, -0.25) is 4.79 Å². The van der Waals surface area contributed by atoms with Gasteiger partial charge in [-0.05, 0) is 48.5 Å². The first-order chi connectivity index (χ1) is 20.1. The second kappa shape index (κ2) is 13.0. The molecule has 0 radical (unpaired) electrons. The average Bonchev–Trinajstić information content (AvgIpc) is 3.00. The fraction of sp³-hybridized carbons (Fsp3) is 0.333. The number of guanidine groups is 1. The van der Waals surface area contributed by atoms with Gasteiger partial charge in [0.1, 0.15) is 17.3 Å². The number of methoxy groups -OCH3 is 3. The first kappa shape index (κ1) is 31.7. The molecule has 5 rings (SSSR count). The summed E-state index contributed by atoms with van der Waals surface area (Å²) >= 11 is 0. The van der Waals surface area contributed by atoms with E-state index in [-0.39, 0.29) is 30.3 Å². The highest BCUT2D eigenvalue weighted by Crippen LogP contribution is 2.45. The molecule has 2 aliphatic heterocycles. The Balaban J connectivity index is 0.00000423. The number of anilines is 2. The summed E-state index contributed by atoms with van der Waals surface area (Å²) in [5, 5.41) is 0. The summed E-state index contributed by atoms with van der Waals surface area (Å²) < 4.78 is 72.0. The van der Waals surface area contributed by atoms with Crippen LogP contribution in [0.2, 0.25) is 0 Å². The van der Waals surface area contributed by atoms with E-state index in [9.17, 15) is 22.4 Å². The number of piperazine rings is 1. The number of hydrogen-bond acceptors (Lipinski definition) is 8. The van der Waals surface area contributed by atoms with Crippen LogP contribution in [0.4, 0.5) is 34.6 Å². The van der Waals surface area contributed by atoms with Gasteiger partial charge in [0, 0.05) is 43.5 Å². The van der Waals surface area contributed by atoms with Crippen molar-refractivity contribution in [3.8, 4) is 11.5 Å². The van der Waals surface area contributed by atoms with Crippen molar-refractivity contribution in [2.24, 2.45) is 4.99 Å². The SMILES string of the molecule is COC(=O)CC1c2cc(F)ccc2N=C(N2CCN(c3cccc(OC)c3)CC2)N1c1cc(C(F)(F)F)ccc1OC.Cl. The molecule has 3 aromatic carbocycles. The van der Waals surface area contributed by atoms with Crippen LogP contribution in [-0.4, -0.2) is 64.3 Å². The minimum atomic E-state index is -4.64. The predicted molar refractivity (Wildman–Crippen MR) is 157 cm³/mol. The van der Waals surface area contributed by atoms with E-state index in [0.29, 0.717) is 43.4 Å². The number of aliphatic imine (C=N–C) groups is 1. The van der Waals surface area contributed by atoms with Crippen molar-refractivity contribution in [3.63, 3.8) is 0 Å². The maximum atomic E-state index is 14.5. The zero-order valence-corrected chi connectivity index (χ0v) is 24.5. The molecule has 43 heavy (non-hydrogen) atoms. The largest absolute Gasteiger partial charge is 0.497 e. The van der Waals surface area contributed by atoms with Crippen LogP contribution in [0.1, 0.15) is 23.6 Å². The Bertz CT molecular complexity index is 1500. The molecule has 0 saturated carbocycles. The topological polar surface area (TPSA) is 66.8 Å². The fourth-order valence-electron chi connectivity index (χ4n) is 5.30. The maximum Gasteiger partial charge on any atom is 0.416 e. The Hall–Kier alpha value is -4.19. The number of nitrogens with zero attached hydrogens (tertiary/aromatic N) is 4. The third-order valence-electron chi connectivity index (χ3n) is 7.43. The molecule has 1 saturated heterocycles. The highest BCUT2D eigenvalue weighted by Gasteiger charge is 2.40. The molecule has 1 atom stereocenters. The molecule has 13 heteroatoms. The summed E-state index contributed by atoms with van der Waals surface area (Å²) in [5.74, 6) is 0.00984. The van der Waals surface area contributed by atoms with Crippen LogP contribution < -0.4 is 19.3 Å². The summed E-state index contributed by atoms with van der Waals surface area (Å²) in [6, 6.07) is 13.9. The van der Waals surface area contributed by atoms with Crippen molar-refractivity contribution in [2.75, 3.05) is 57.3 Å². The summed E-state index contributed by atoms with van der Waals surface area (Å²) in [5.41, 5.74) is 0.879. The molecule has 2 aliphatic rings. The first-order valence-corrected chi connectivity index (χ1v) is 13.3. The van der Waals surface area contributed by atoms with E-state index < -0.39 is 29.6 Å². The third kappa shape index (κ3) is 6.58. The third-order valence-corrected chi connectivity index (χ3v) is 7.43. The monoisotopic (exact) mass is 622 g/mol. The lowest BCUT2D eigenvalue weighted by molar-refractivity contribution is -0.141. The Morgan fingerprint density at radius 1 is 0.930 bits per heavy atom. The minimum absolute atomic E-state index is 0. The van der Waals surface area contributed by atoms with Crippen LogP contribution in [0.25, 0.3) is 0 Å². The fourth-order valence-corrected chi connectivity index (χ4v) is 5.30. The van der Waals surface area contributed by atoms with Crippen molar-refractivity contribution >= 4 is 41.4 Å².